The minimum atomic E-state index is -0.834. The first kappa shape index (κ1) is 12.2. The zero-order valence-corrected chi connectivity index (χ0v) is 11.4. The number of aliphatic hydroxyl groups excluding tert-OH is 1. The molecule has 5 heteroatoms. The molecule has 0 spiro atoms. The summed E-state index contributed by atoms with van der Waals surface area (Å²) in [5, 5.41) is 11.4. The summed E-state index contributed by atoms with van der Waals surface area (Å²) in [6.45, 7) is 0. The van der Waals surface area contributed by atoms with Crippen molar-refractivity contribution in [2.24, 2.45) is 0 Å². The van der Waals surface area contributed by atoms with Crippen molar-refractivity contribution in [3.63, 3.8) is 0 Å². The maximum atomic E-state index is 10.4. The van der Waals surface area contributed by atoms with Crippen molar-refractivity contribution >= 4 is 26.8 Å². The maximum absolute atomic E-state index is 10.4. The lowest BCUT2D eigenvalue weighted by atomic mass is 10.0. The Morgan fingerprint density at radius 1 is 1.05 bits per heavy atom. The van der Waals surface area contributed by atoms with Gasteiger partial charge in [-0.05, 0) is 12.1 Å². The van der Waals surface area contributed by atoms with Crippen LogP contribution in [-0.2, 0) is 0 Å². The molecule has 1 aromatic carbocycles. The zero-order valence-electron chi connectivity index (χ0n) is 9.86. The fourth-order valence-corrected chi connectivity index (χ4v) is 2.44. The van der Waals surface area contributed by atoms with Crippen LogP contribution >= 0.6 is 15.9 Å². The highest BCUT2D eigenvalue weighted by Gasteiger charge is 2.16. The molecule has 2 heterocycles. The van der Waals surface area contributed by atoms with Gasteiger partial charge in [0.2, 0.25) is 0 Å². The Balaban J connectivity index is 2.18. The van der Waals surface area contributed by atoms with E-state index in [1.165, 1.54) is 0 Å². The summed E-state index contributed by atoms with van der Waals surface area (Å²) in [5.74, 6) is 0. The van der Waals surface area contributed by atoms with Crippen LogP contribution in [0.25, 0.3) is 10.9 Å². The lowest BCUT2D eigenvalue weighted by Gasteiger charge is -2.12. The predicted molar refractivity (Wildman–Crippen MR) is 75.5 cm³/mol. The molecule has 1 atom stereocenters. The van der Waals surface area contributed by atoms with Crippen molar-refractivity contribution in [3.05, 3.63) is 64.8 Å². The molecule has 0 radical (unpaired) electrons. The monoisotopic (exact) mass is 315 g/mol. The second-order valence-electron chi connectivity index (χ2n) is 4.07. The van der Waals surface area contributed by atoms with Crippen LogP contribution < -0.4 is 0 Å². The Morgan fingerprint density at radius 2 is 1.95 bits per heavy atom. The summed E-state index contributed by atoms with van der Waals surface area (Å²) in [4.78, 5) is 12.5. The first-order valence-electron chi connectivity index (χ1n) is 5.74. The van der Waals surface area contributed by atoms with E-state index in [1.54, 1.807) is 24.8 Å². The number of rotatable bonds is 2. The zero-order chi connectivity index (χ0) is 13.2. The van der Waals surface area contributed by atoms with E-state index in [0.717, 1.165) is 20.9 Å². The Morgan fingerprint density at radius 3 is 2.74 bits per heavy atom. The molecule has 0 saturated carbocycles. The molecule has 3 aromatic rings. The maximum Gasteiger partial charge on any atom is 0.125 e. The fraction of sp³-hybridized carbons (Fsp3) is 0.0714. The normalized spacial score (nSPS) is 12.5. The molecule has 4 nitrogen and oxygen atoms in total. The van der Waals surface area contributed by atoms with Crippen LogP contribution in [0.1, 0.15) is 17.4 Å². The number of pyridine rings is 1. The summed E-state index contributed by atoms with van der Waals surface area (Å²) < 4.78 is 0.950. The third-order valence-corrected chi connectivity index (χ3v) is 3.60. The molecule has 0 aliphatic carbocycles. The van der Waals surface area contributed by atoms with Gasteiger partial charge < -0.3 is 5.11 Å². The van der Waals surface area contributed by atoms with E-state index < -0.39 is 6.10 Å². The highest BCUT2D eigenvalue weighted by molar-refractivity contribution is 9.10. The molecule has 3 rings (SSSR count). The largest absolute Gasteiger partial charge is 0.382 e. The topological polar surface area (TPSA) is 58.9 Å². The van der Waals surface area contributed by atoms with E-state index in [9.17, 15) is 5.11 Å². The van der Waals surface area contributed by atoms with Gasteiger partial charge in [0.15, 0.2) is 0 Å². The first-order valence-corrected chi connectivity index (χ1v) is 6.54. The quantitative estimate of drug-likeness (QED) is 0.790. The van der Waals surface area contributed by atoms with Crippen LogP contribution in [0, 0.1) is 0 Å². The van der Waals surface area contributed by atoms with Gasteiger partial charge in [0.25, 0.3) is 0 Å². The van der Waals surface area contributed by atoms with Gasteiger partial charge in [-0.15, -0.1) is 0 Å². The Kier molecular flexibility index (Phi) is 3.23. The summed E-state index contributed by atoms with van der Waals surface area (Å²) in [6.07, 6.45) is 5.57. The Labute approximate surface area is 118 Å². The smallest absolute Gasteiger partial charge is 0.125 e. The number of aromatic nitrogens is 3. The van der Waals surface area contributed by atoms with Gasteiger partial charge in [-0.25, -0.2) is 0 Å². The van der Waals surface area contributed by atoms with Gasteiger partial charge in [0, 0.05) is 34.0 Å². The SMILES string of the molecule is OC(c1cnccn1)c1ccc(Br)c2cccnc12. The van der Waals surface area contributed by atoms with Gasteiger partial charge in [0.05, 0.1) is 17.4 Å². The first-order chi connectivity index (χ1) is 9.27. The molecule has 1 unspecified atom stereocenters. The molecule has 0 aliphatic heterocycles. The minimum absolute atomic E-state index is 0.511. The summed E-state index contributed by atoms with van der Waals surface area (Å²) >= 11 is 3.49. The van der Waals surface area contributed by atoms with Crippen LogP contribution in [0.5, 0.6) is 0 Å². The highest BCUT2D eigenvalue weighted by atomic mass is 79.9. The van der Waals surface area contributed by atoms with Crippen molar-refractivity contribution < 1.29 is 5.11 Å². The molecule has 0 fully saturated rings. The molecule has 0 saturated heterocycles. The molecule has 0 bridgehead atoms. The number of hydrogen-bond donors (Lipinski definition) is 1. The van der Waals surface area contributed by atoms with Crippen LogP contribution in [0.3, 0.4) is 0 Å². The Bertz CT molecular complexity index is 718. The van der Waals surface area contributed by atoms with Crippen molar-refractivity contribution in [3.8, 4) is 0 Å². The number of nitrogens with zero attached hydrogens (tertiary/aromatic N) is 3. The van der Waals surface area contributed by atoms with Gasteiger partial charge in [0.1, 0.15) is 6.10 Å². The third-order valence-electron chi connectivity index (χ3n) is 2.91. The van der Waals surface area contributed by atoms with Crippen LogP contribution in [0.4, 0.5) is 0 Å². The van der Waals surface area contributed by atoms with E-state index in [-0.39, 0.29) is 0 Å². The summed E-state index contributed by atoms with van der Waals surface area (Å²) in [5.41, 5.74) is 1.99. The molecule has 19 heavy (non-hydrogen) atoms. The van der Waals surface area contributed by atoms with Gasteiger partial charge >= 0.3 is 0 Å². The number of aliphatic hydroxyl groups is 1. The molecule has 2 aromatic heterocycles. The molecular formula is C14H10BrN3O. The van der Waals surface area contributed by atoms with Crippen LogP contribution in [-0.4, -0.2) is 20.1 Å². The van der Waals surface area contributed by atoms with Gasteiger partial charge in [-0.3, -0.25) is 15.0 Å². The number of fused-ring (bicyclic) bond motifs is 1. The van der Waals surface area contributed by atoms with E-state index in [4.69, 9.17) is 0 Å². The summed E-state index contributed by atoms with van der Waals surface area (Å²) in [7, 11) is 0. The van der Waals surface area contributed by atoms with Gasteiger partial charge in [-0.2, -0.15) is 0 Å². The van der Waals surface area contributed by atoms with Crippen molar-refractivity contribution in [1.29, 1.82) is 0 Å². The highest BCUT2D eigenvalue weighted by Crippen LogP contribution is 2.30. The average molecular weight is 316 g/mol. The fourth-order valence-electron chi connectivity index (χ4n) is 1.99. The third kappa shape index (κ3) is 2.22. The van der Waals surface area contributed by atoms with Crippen molar-refractivity contribution in [1.82, 2.24) is 15.0 Å². The minimum Gasteiger partial charge on any atom is -0.382 e. The molecule has 94 valence electrons. The average Bonchev–Trinajstić information content (AvgIpc) is 2.48. The van der Waals surface area contributed by atoms with Crippen molar-refractivity contribution in [2.45, 2.75) is 6.10 Å². The molecular weight excluding hydrogens is 306 g/mol. The standard InChI is InChI=1S/C14H10BrN3O/c15-11-4-3-10(13-9(11)2-1-5-18-13)14(19)12-8-16-6-7-17-12/h1-8,14,19H. The summed E-state index contributed by atoms with van der Waals surface area (Å²) in [6, 6.07) is 7.57. The van der Waals surface area contributed by atoms with Crippen molar-refractivity contribution in [2.75, 3.05) is 0 Å². The lowest BCUT2D eigenvalue weighted by molar-refractivity contribution is 0.216. The number of halogens is 1. The number of hydrogen-bond acceptors (Lipinski definition) is 4. The predicted octanol–water partition coefficient (Wildman–Crippen LogP) is 2.87. The number of benzene rings is 1. The van der Waals surface area contributed by atoms with Gasteiger partial charge in [-0.1, -0.05) is 28.1 Å². The van der Waals surface area contributed by atoms with E-state index >= 15 is 0 Å². The second kappa shape index (κ2) is 5.03. The molecule has 1 N–H and O–H groups in total. The second-order valence-corrected chi connectivity index (χ2v) is 4.92. The molecule has 0 amide bonds. The van der Waals surface area contributed by atoms with E-state index in [2.05, 4.69) is 30.9 Å². The van der Waals surface area contributed by atoms with E-state index in [0.29, 0.717) is 5.69 Å². The molecule has 0 aliphatic rings. The lowest BCUT2D eigenvalue weighted by Crippen LogP contribution is -2.04. The van der Waals surface area contributed by atoms with E-state index in [1.807, 2.05) is 24.3 Å². The Hall–Kier alpha value is -1.85. The van der Waals surface area contributed by atoms with Crippen LogP contribution in [0.15, 0.2) is 53.5 Å². The van der Waals surface area contributed by atoms with Crippen LogP contribution in [0.2, 0.25) is 0 Å².